The van der Waals surface area contributed by atoms with Crippen LogP contribution in [0, 0.1) is 0 Å². The van der Waals surface area contributed by atoms with E-state index in [0.717, 1.165) is 5.56 Å². The highest BCUT2D eigenvalue weighted by Gasteiger charge is 2.54. The first-order valence-electron chi connectivity index (χ1n) is 7.58. The van der Waals surface area contributed by atoms with E-state index in [1.165, 1.54) is 6.92 Å². The van der Waals surface area contributed by atoms with Crippen molar-refractivity contribution >= 4 is 5.78 Å². The van der Waals surface area contributed by atoms with E-state index >= 15 is 0 Å². The quantitative estimate of drug-likeness (QED) is 0.901. The largest absolute Gasteiger partial charge is 0.379 e. The number of aliphatic hydroxyl groups is 1. The van der Waals surface area contributed by atoms with E-state index in [1.807, 2.05) is 49.1 Å². The summed E-state index contributed by atoms with van der Waals surface area (Å²) < 4.78 is 5.36. The van der Waals surface area contributed by atoms with Gasteiger partial charge in [0.25, 0.3) is 0 Å². The van der Waals surface area contributed by atoms with Crippen molar-refractivity contribution in [3.63, 3.8) is 0 Å². The molecule has 1 aromatic carbocycles. The van der Waals surface area contributed by atoms with Crippen molar-refractivity contribution in [1.82, 2.24) is 4.90 Å². The number of Topliss-reactive ketones (excluding diaryl/α,β-unsaturated/α-hetero) is 1. The maximum atomic E-state index is 12.4. The van der Waals surface area contributed by atoms with Gasteiger partial charge in [-0.15, -0.1) is 0 Å². The molecule has 0 radical (unpaired) electrons. The Hall–Kier alpha value is -1.23. The molecule has 0 aliphatic carbocycles. The number of nitrogens with zero attached hydrogens (tertiary/aromatic N) is 1. The molecule has 21 heavy (non-hydrogen) atoms. The Morgan fingerprint density at radius 1 is 1.29 bits per heavy atom. The van der Waals surface area contributed by atoms with Gasteiger partial charge in [0, 0.05) is 18.5 Å². The van der Waals surface area contributed by atoms with Crippen LogP contribution in [0.2, 0.25) is 0 Å². The molecule has 0 aromatic heterocycles. The first-order chi connectivity index (χ1) is 9.96. The smallest absolute Gasteiger partial charge is 0.187 e. The van der Waals surface area contributed by atoms with Crippen LogP contribution in [0.1, 0.15) is 32.8 Å². The lowest BCUT2D eigenvalue weighted by Crippen LogP contribution is -2.67. The Kier molecular flexibility index (Phi) is 4.81. The van der Waals surface area contributed by atoms with Crippen LogP contribution in [-0.2, 0) is 14.9 Å². The summed E-state index contributed by atoms with van der Waals surface area (Å²) in [5, 5.41) is 11.4. The van der Waals surface area contributed by atoms with Gasteiger partial charge >= 0.3 is 0 Å². The number of morpholine rings is 1. The molecule has 0 amide bonds. The summed E-state index contributed by atoms with van der Waals surface area (Å²) in [5.41, 5.74) is -1.18. The van der Waals surface area contributed by atoms with E-state index < -0.39 is 11.1 Å². The molecule has 2 atom stereocenters. The van der Waals surface area contributed by atoms with E-state index in [-0.39, 0.29) is 5.78 Å². The van der Waals surface area contributed by atoms with E-state index in [2.05, 4.69) is 0 Å². The lowest BCUT2D eigenvalue weighted by atomic mass is 9.68. The van der Waals surface area contributed by atoms with Crippen molar-refractivity contribution in [3.8, 4) is 0 Å². The molecule has 0 saturated carbocycles. The Bertz CT molecular complexity index is 484. The second kappa shape index (κ2) is 6.26. The highest BCUT2D eigenvalue weighted by Crippen LogP contribution is 2.41. The summed E-state index contributed by atoms with van der Waals surface area (Å²) in [4.78, 5) is 14.3. The highest BCUT2D eigenvalue weighted by atomic mass is 16.5. The van der Waals surface area contributed by atoms with Crippen molar-refractivity contribution < 1.29 is 14.6 Å². The predicted octanol–water partition coefficient (Wildman–Crippen LogP) is 1.96. The molecule has 0 bridgehead atoms. The Morgan fingerprint density at radius 2 is 1.86 bits per heavy atom. The van der Waals surface area contributed by atoms with E-state index in [9.17, 15) is 9.90 Å². The average molecular weight is 291 g/mol. The van der Waals surface area contributed by atoms with Crippen LogP contribution in [0.4, 0.5) is 0 Å². The van der Waals surface area contributed by atoms with Crippen LogP contribution < -0.4 is 0 Å². The minimum Gasteiger partial charge on any atom is -0.379 e. The molecule has 4 nitrogen and oxygen atoms in total. The number of rotatable bonds is 5. The summed E-state index contributed by atoms with van der Waals surface area (Å²) in [5.74, 6) is -0.211. The number of benzene rings is 1. The summed E-state index contributed by atoms with van der Waals surface area (Å²) >= 11 is 0. The fourth-order valence-electron chi connectivity index (χ4n) is 3.31. The number of carbonyl (C=O) groups excluding carboxylic acids is 1. The molecule has 1 aliphatic heterocycles. The standard InChI is InChI=1S/C17H25NO3/c1-4-16(3,15-8-6-5-7-9-15)17(20,14(2)19)18-10-12-21-13-11-18/h5-9,20H,4,10-13H2,1-3H3. The van der Waals surface area contributed by atoms with Crippen molar-refractivity contribution in [2.45, 2.75) is 38.3 Å². The molecule has 1 fully saturated rings. The number of hydrogen-bond acceptors (Lipinski definition) is 4. The maximum absolute atomic E-state index is 12.4. The summed E-state index contributed by atoms with van der Waals surface area (Å²) in [6, 6.07) is 9.81. The fraction of sp³-hybridized carbons (Fsp3) is 0.588. The van der Waals surface area contributed by atoms with E-state index in [0.29, 0.717) is 32.7 Å². The third kappa shape index (κ3) is 2.63. The first-order valence-corrected chi connectivity index (χ1v) is 7.58. The molecule has 1 saturated heterocycles. The molecular weight excluding hydrogens is 266 g/mol. The SMILES string of the molecule is CCC(C)(c1ccccc1)C(O)(C(C)=O)N1CCOCC1. The van der Waals surface area contributed by atoms with Gasteiger partial charge in [0.1, 0.15) is 0 Å². The van der Waals surface area contributed by atoms with Gasteiger partial charge < -0.3 is 9.84 Å². The van der Waals surface area contributed by atoms with E-state index in [4.69, 9.17) is 4.74 Å². The van der Waals surface area contributed by atoms with Crippen LogP contribution in [-0.4, -0.2) is 47.8 Å². The molecule has 1 aliphatic rings. The number of hydrogen-bond donors (Lipinski definition) is 1. The maximum Gasteiger partial charge on any atom is 0.187 e. The van der Waals surface area contributed by atoms with Crippen molar-refractivity contribution in [1.29, 1.82) is 0 Å². The molecule has 4 heteroatoms. The van der Waals surface area contributed by atoms with Gasteiger partial charge in [-0.3, -0.25) is 9.69 Å². The van der Waals surface area contributed by atoms with Gasteiger partial charge in [-0.1, -0.05) is 44.2 Å². The van der Waals surface area contributed by atoms with Crippen LogP contribution >= 0.6 is 0 Å². The number of ketones is 1. The zero-order valence-electron chi connectivity index (χ0n) is 13.1. The normalized spacial score (nSPS) is 22.3. The average Bonchev–Trinajstić information content (AvgIpc) is 2.54. The van der Waals surface area contributed by atoms with Gasteiger partial charge in [0.2, 0.25) is 0 Å². The second-order valence-corrected chi connectivity index (χ2v) is 5.88. The van der Waals surface area contributed by atoms with Crippen LogP contribution in [0.5, 0.6) is 0 Å². The minimum absolute atomic E-state index is 0.211. The van der Waals surface area contributed by atoms with Gasteiger partial charge in [-0.05, 0) is 18.9 Å². The minimum atomic E-state index is -1.51. The molecule has 0 spiro atoms. The first kappa shape index (κ1) is 16.1. The second-order valence-electron chi connectivity index (χ2n) is 5.88. The molecule has 1 heterocycles. The molecule has 2 unspecified atom stereocenters. The fourth-order valence-corrected chi connectivity index (χ4v) is 3.31. The third-order valence-corrected chi connectivity index (χ3v) is 4.85. The number of carbonyl (C=O) groups is 1. The molecular formula is C17H25NO3. The third-order valence-electron chi connectivity index (χ3n) is 4.85. The lowest BCUT2D eigenvalue weighted by molar-refractivity contribution is -0.191. The molecule has 1 aromatic rings. The predicted molar refractivity (Wildman–Crippen MR) is 82.1 cm³/mol. The zero-order chi connectivity index (χ0) is 15.5. The Morgan fingerprint density at radius 3 is 2.33 bits per heavy atom. The monoisotopic (exact) mass is 291 g/mol. The Balaban J connectivity index is 2.50. The zero-order valence-corrected chi connectivity index (χ0v) is 13.1. The van der Waals surface area contributed by atoms with Gasteiger partial charge in [-0.2, -0.15) is 0 Å². The van der Waals surface area contributed by atoms with Crippen LogP contribution in [0.3, 0.4) is 0 Å². The van der Waals surface area contributed by atoms with Gasteiger partial charge in [-0.25, -0.2) is 0 Å². The van der Waals surface area contributed by atoms with E-state index in [1.54, 1.807) is 0 Å². The van der Waals surface area contributed by atoms with Crippen molar-refractivity contribution in [2.24, 2.45) is 0 Å². The highest BCUT2D eigenvalue weighted by molar-refractivity contribution is 5.86. The Labute approximate surface area is 126 Å². The van der Waals surface area contributed by atoms with Crippen molar-refractivity contribution in [3.05, 3.63) is 35.9 Å². The molecule has 116 valence electrons. The van der Waals surface area contributed by atoms with Gasteiger partial charge in [0.15, 0.2) is 11.5 Å². The molecule has 1 N–H and O–H groups in total. The summed E-state index contributed by atoms with van der Waals surface area (Å²) in [6.07, 6.45) is 0.671. The van der Waals surface area contributed by atoms with Gasteiger partial charge in [0.05, 0.1) is 13.2 Å². The van der Waals surface area contributed by atoms with Crippen LogP contribution in [0.25, 0.3) is 0 Å². The topological polar surface area (TPSA) is 49.8 Å². The summed E-state index contributed by atoms with van der Waals surface area (Å²) in [7, 11) is 0. The number of ether oxygens (including phenoxy) is 1. The van der Waals surface area contributed by atoms with Crippen molar-refractivity contribution in [2.75, 3.05) is 26.3 Å². The lowest BCUT2D eigenvalue weighted by Gasteiger charge is -2.50. The van der Waals surface area contributed by atoms with Crippen LogP contribution in [0.15, 0.2) is 30.3 Å². The molecule has 2 rings (SSSR count). The summed E-state index contributed by atoms with van der Waals surface area (Å²) in [6.45, 7) is 7.69.